The number of aliphatic hydroxyl groups excluding tert-OH is 2. The molecule has 2 N–H and O–H groups in total. The molecule has 0 bridgehead atoms. The zero-order chi connectivity index (χ0) is 43.6. The lowest BCUT2D eigenvalue weighted by atomic mass is 10.1. The van der Waals surface area contributed by atoms with Crippen LogP contribution in [-0.2, 0) is 34.7 Å². The fraction of sp³-hybridized carbons (Fsp3) is 0.361. The van der Waals surface area contributed by atoms with Crippen LogP contribution in [0.25, 0.3) is 20.9 Å². The number of anilines is 4. The van der Waals surface area contributed by atoms with E-state index in [-0.39, 0.29) is 42.9 Å². The zero-order valence-electron chi connectivity index (χ0n) is 33.0. The van der Waals surface area contributed by atoms with Crippen molar-refractivity contribution < 1.29 is 47.6 Å². The number of aliphatic hydroxyl groups is 2. The minimum atomic E-state index is -0.786. The monoisotopic (exact) mass is 881 g/mol. The molecule has 21 nitrogen and oxygen atoms in total. The maximum absolute atomic E-state index is 15.0. The molecule has 4 aromatic heterocycles. The molecule has 8 rings (SSSR count). The second-order valence-corrected chi connectivity index (χ2v) is 16.4. The first-order chi connectivity index (χ1) is 29.1. The molecular formula is C36H37F2N13O8S2. The van der Waals surface area contributed by atoms with Gasteiger partial charge in [-0.05, 0) is 67.6 Å². The molecule has 2 aromatic carbocycles. The number of benzene rings is 2. The summed E-state index contributed by atoms with van der Waals surface area (Å²) in [4.78, 5) is 52.5. The van der Waals surface area contributed by atoms with Crippen LogP contribution in [0.1, 0.15) is 31.6 Å². The van der Waals surface area contributed by atoms with Crippen LogP contribution in [0, 0.1) is 11.6 Å². The number of thiazole rings is 2. The number of nitrogens with zero attached hydrogens (tertiary/aromatic N) is 13. The Balaban J connectivity index is 0.000000189. The Bertz CT molecular complexity index is 2560. The lowest BCUT2D eigenvalue weighted by Gasteiger charge is -2.23. The second-order valence-electron chi connectivity index (χ2n) is 14.3. The number of amides is 3. The summed E-state index contributed by atoms with van der Waals surface area (Å²) in [5, 5.41) is 42.7. The van der Waals surface area contributed by atoms with E-state index in [4.69, 9.17) is 19.3 Å². The van der Waals surface area contributed by atoms with Gasteiger partial charge in [-0.15, -0.1) is 26.6 Å². The molecule has 2 fully saturated rings. The smallest absolute Gasteiger partial charge is 0.423 e. The summed E-state index contributed by atoms with van der Waals surface area (Å²) >= 11 is 2.37. The minimum absolute atomic E-state index is 0.0422. The molecule has 0 spiro atoms. The normalized spacial score (nSPS) is 16.3. The molecule has 0 radical (unpaired) electrons. The van der Waals surface area contributed by atoms with Crippen LogP contribution in [0.5, 0.6) is 0 Å². The second kappa shape index (κ2) is 17.6. The van der Waals surface area contributed by atoms with Crippen molar-refractivity contribution in [3.8, 4) is 20.9 Å². The summed E-state index contributed by atoms with van der Waals surface area (Å²) in [5.41, 5.74) is 0.498. The van der Waals surface area contributed by atoms with Crippen LogP contribution < -0.4 is 14.7 Å². The van der Waals surface area contributed by atoms with Gasteiger partial charge in [-0.25, -0.2) is 33.1 Å². The quantitative estimate of drug-likeness (QED) is 0.183. The Morgan fingerprint density at radius 1 is 0.836 bits per heavy atom. The molecule has 6 aromatic rings. The van der Waals surface area contributed by atoms with Crippen LogP contribution in [0.3, 0.4) is 0 Å². The van der Waals surface area contributed by atoms with Gasteiger partial charge in [0.1, 0.15) is 34.5 Å². The molecule has 6 heterocycles. The first-order valence-electron chi connectivity index (χ1n) is 18.3. The molecule has 0 aliphatic carbocycles. The van der Waals surface area contributed by atoms with E-state index in [0.29, 0.717) is 38.9 Å². The van der Waals surface area contributed by atoms with E-state index in [9.17, 15) is 23.9 Å². The SMILES string of the molecule is Cn1nnc(Cc2ncc(-c3ccc(N4C[C@H](CO)OC4=O)cc3F)s2)n1.Cn1nnc(N(C(=O)OC(C)(C)C)c2ncc(-c3ccc(N4C[C@H](CO)OC4=O)cc3F)s2)n1. The summed E-state index contributed by atoms with van der Waals surface area (Å²) < 4.78 is 45.1. The lowest BCUT2D eigenvalue weighted by molar-refractivity contribution is 0.0596. The van der Waals surface area contributed by atoms with Crippen molar-refractivity contribution >= 4 is 63.4 Å². The van der Waals surface area contributed by atoms with E-state index >= 15 is 4.39 Å². The summed E-state index contributed by atoms with van der Waals surface area (Å²) in [5.74, 6) is -0.574. The zero-order valence-corrected chi connectivity index (χ0v) is 34.7. The molecule has 2 aliphatic rings. The summed E-state index contributed by atoms with van der Waals surface area (Å²) in [6, 6.07) is 8.78. The Labute approximate surface area is 352 Å². The molecule has 320 valence electrons. The molecule has 3 amide bonds. The number of halogens is 2. The Morgan fingerprint density at radius 3 is 1.85 bits per heavy atom. The van der Waals surface area contributed by atoms with Gasteiger partial charge in [-0.1, -0.05) is 16.4 Å². The van der Waals surface area contributed by atoms with Crippen molar-refractivity contribution in [2.75, 3.05) is 41.0 Å². The van der Waals surface area contributed by atoms with Crippen molar-refractivity contribution in [2.24, 2.45) is 14.1 Å². The molecule has 0 saturated carbocycles. The topological polar surface area (TPSA) is 242 Å². The standard InChI is InChI=1S/C20H22FN7O5S.C16H15FN6O3S/c1-20(2,3)33-19(31)28(16-23-25-26(4)24-16)17-22-8-15(34-17)13-6-5-11(7-14(13)21)27-9-12(10-29)32-18(27)30;1-22-20-14(19-21-22)5-15-18-6-13(27-15)11-3-2-9(4-12(11)17)23-7-10(8-24)26-16(23)25/h5-8,12,29H,9-10H2,1-4H3;2-4,6,10,24H,5,7-8H2,1H3/t12-;10-/m11/s1. The predicted molar refractivity (Wildman–Crippen MR) is 213 cm³/mol. The van der Waals surface area contributed by atoms with Gasteiger partial charge in [0.15, 0.2) is 5.82 Å². The number of aryl methyl sites for hydroxylation is 2. The van der Waals surface area contributed by atoms with Crippen LogP contribution in [0.2, 0.25) is 0 Å². The average Bonchev–Trinajstić information content (AvgIpc) is 4.07. The number of hydrogen-bond donors (Lipinski definition) is 2. The first kappa shape index (κ1) is 42.6. The number of carbonyl (C=O) groups excluding carboxylic acids is 3. The Kier molecular flexibility index (Phi) is 12.3. The summed E-state index contributed by atoms with van der Waals surface area (Å²) in [7, 11) is 3.23. The molecule has 61 heavy (non-hydrogen) atoms. The summed E-state index contributed by atoms with van der Waals surface area (Å²) in [6.45, 7) is 4.87. The fourth-order valence-corrected chi connectivity index (χ4v) is 7.73. The third-order valence-electron chi connectivity index (χ3n) is 8.59. The van der Waals surface area contributed by atoms with Crippen LogP contribution in [0.15, 0.2) is 48.8 Å². The van der Waals surface area contributed by atoms with Crippen molar-refractivity contribution in [1.29, 1.82) is 0 Å². The summed E-state index contributed by atoms with van der Waals surface area (Å²) in [6.07, 6.45) is 0.155. The van der Waals surface area contributed by atoms with Gasteiger partial charge in [-0.2, -0.15) is 14.5 Å². The van der Waals surface area contributed by atoms with Gasteiger partial charge in [0, 0.05) is 23.5 Å². The van der Waals surface area contributed by atoms with E-state index in [0.717, 1.165) is 21.2 Å². The molecule has 2 saturated heterocycles. The van der Waals surface area contributed by atoms with Crippen molar-refractivity contribution in [3.63, 3.8) is 0 Å². The Hall–Kier alpha value is -6.57. The van der Waals surface area contributed by atoms with Gasteiger partial charge in [-0.3, -0.25) is 9.80 Å². The van der Waals surface area contributed by atoms with Crippen molar-refractivity contribution in [2.45, 2.75) is 45.0 Å². The van der Waals surface area contributed by atoms with E-state index in [2.05, 4.69) is 40.8 Å². The number of rotatable bonds is 10. The maximum atomic E-state index is 15.0. The van der Waals surface area contributed by atoms with Crippen molar-refractivity contribution in [1.82, 2.24) is 50.4 Å². The van der Waals surface area contributed by atoms with E-state index < -0.39 is 47.7 Å². The van der Waals surface area contributed by atoms with Crippen LogP contribution in [0.4, 0.5) is 45.6 Å². The third kappa shape index (κ3) is 9.74. The van der Waals surface area contributed by atoms with Gasteiger partial charge in [0.25, 0.3) is 5.95 Å². The molecule has 25 heteroatoms. The van der Waals surface area contributed by atoms with Gasteiger partial charge in [0.05, 0.1) is 67.9 Å². The van der Waals surface area contributed by atoms with Gasteiger partial charge < -0.3 is 24.4 Å². The van der Waals surface area contributed by atoms with Gasteiger partial charge in [0.2, 0.25) is 5.13 Å². The lowest BCUT2D eigenvalue weighted by Crippen LogP contribution is -2.34. The number of tetrazole rings is 2. The largest absolute Gasteiger partial charge is 0.443 e. The number of hydrogen-bond acceptors (Lipinski definition) is 18. The van der Waals surface area contributed by atoms with Gasteiger partial charge >= 0.3 is 18.3 Å². The number of aromatic nitrogens is 10. The predicted octanol–water partition coefficient (Wildman–Crippen LogP) is 4.24. The number of cyclic esters (lactones) is 2. The van der Waals surface area contributed by atoms with E-state index in [1.807, 2.05) is 0 Å². The first-order valence-corrected chi connectivity index (χ1v) is 19.9. The van der Waals surface area contributed by atoms with Crippen molar-refractivity contribution in [3.05, 3.63) is 71.3 Å². The highest BCUT2D eigenvalue weighted by Crippen LogP contribution is 2.37. The molecular weight excluding hydrogens is 845 g/mol. The van der Waals surface area contributed by atoms with Crippen LogP contribution in [-0.4, -0.2) is 123 Å². The molecule has 0 unspecified atom stereocenters. The highest BCUT2D eigenvalue weighted by atomic mass is 32.1. The number of carbonyl (C=O) groups is 3. The highest BCUT2D eigenvalue weighted by Gasteiger charge is 2.34. The molecule has 2 aliphatic heterocycles. The fourth-order valence-electron chi connectivity index (χ4n) is 5.85. The number of ether oxygens (including phenoxy) is 3. The van der Waals surface area contributed by atoms with E-state index in [1.165, 1.54) is 55.1 Å². The highest BCUT2D eigenvalue weighted by molar-refractivity contribution is 7.19. The minimum Gasteiger partial charge on any atom is -0.443 e. The van der Waals surface area contributed by atoms with Crippen LogP contribution >= 0.6 is 22.7 Å². The Morgan fingerprint density at radius 2 is 1.38 bits per heavy atom. The third-order valence-corrected chi connectivity index (χ3v) is 10.6. The average molecular weight is 882 g/mol. The van der Waals surface area contributed by atoms with E-state index in [1.54, 1.807) is 59.3 Å². The molecule has 2 atom stereocenters. The maximum Gasteiger partial charge on any atom is 0.423 e.